The average molecular weight is 371 g/mol. The van der Waals surface area contributed by atoms with Gasteiger partial charge in [0.05, 0.1) is 10.0 Å². The second kappa shape index (κ2) is 5.59. The minimum atomic E-state index is -4.88. The van der Waals surface area contributed by atoms with E-state index in [9.17, 15) is 26.3 Å². The molecule has 112 valence electrons. The van der Waals surface area contributed by atoms with Crippen LogP contribution in [0.5, 0.6) is 11.5 Å². The van der Waals surface area contributed by atoms with Crippen molar-refractivity contribution >= 4 is 15.9 Å². The standard InChI is InChI=1S/C13H5BrF6O/c14-8-5-7(1-2-9(8)15)21-12-10(16)3-6(4-11(12)17)13(18,19)20/h1-5H. The van der Waals surface area contributed by atoms with Crippen molar-refractivity contribution in [1.29, 1.82) is 0 Å². The van der Waals surface area contributed by atoms with Crippen LogP contribution in [0.25, 0.3) is 0 Å². The van der Waals surface area contributed by atoms with E-state index in [1.54, 1.807) is 0 Å². The van der Waals surface area contributed by atoms with Crippen LogP contribution < -0.4 is 4.74 Å². The van der Waals surface area contributed by atoms with Crippen molar-refractivity contribution in [1.82, 2.24) is 0 Å². The fourth-order valence-electron chi connectivity index (χ4n) is 1.48. The van der Waals surface area contributed by atoms with Crippen LogP contribution in [0.15, 0.2) is 34.8 Å². The Hall–Kier alpha value is -1.70. The number of rotatable bonds is 2. The topological polar surface area (TPSA) is 9.23 Å². The summed E-state index contributed by atoms with van der Waals surface area (Å²) in [6.07, 6.45) is -4.88. The lowest BCUT2D eigenvalue weighted by molar-refractivity contribution is -0.138. The molecule has 0 atom stereocenters. The predicted octanol–water partition coefficient (Wildman–Crippen LogP) is 5.68. The summed E-state index contributed by atoms with van der Waals surface area (Å²) in [6, 6.07) is 3.38. The highest BCUT2D eigenvalue weighted by Gasteiger charge is 2.33. The first-order valence-electron chi connectivity index (χ1n) is 5.37. The zero-order chi connectivity index (χ0) is 15.8. The third-order valence-electron chi connectivity index (χ3n) is 2.44. The molecule has 0 bridgehead atoms. The summed E-state index contributed by atoms with van der Waals surface area (Å²) in [5, 5.41) is 0. The van der Waals surface area contributed by atoms with Crippen molar-refractivity contribution in [3.05, 3.63) is 57.8 Å². The van der Waals surface area contributed by atoms with E-state index >= 15 is 0 Å². The van der Waals surface area contributed by atoms with Gasteiger partial charge in [0.2, 0.25) is 0 Å². The third kappa shape index (κ3) is 3.49. The minimum absolute atomic E-state index is 0.0206. The molecule has 1 nitrogen and oxygen atoms in total. The molecule has 8 heteroatoms. The number of alkyl halides is 3. The van der Waals surface area contributed by atoms with E-state index in [0.717, 1.165) is 18.2 Å². The fourth-order valence-corrected chi connectivity index (χ4v) is 1.84. The molecule has 0 saturated carbocycles. The molecule has 0 saturated heterocycles. The summed E-state index contributed by atoms with van der Waals surface area (Å²) >= 11 is 2.84. The van der Waals surface area contributed by atoms with E-state index < -0.39 is 34.9 Å². The van der Waals surface area contributed by atoms with Crippen LogP contribution in [0.2, 0.25) is 0 Å². The first-order valence-corrected chi connectivity index (χ1v) is 6.17. The normalized spacial score (nSPS) is 11.6. The van der Waals surface area contributed by atoms with Gasteiger partial charge >= 0.3 is 6.18 Å². The van der Waals surface area contributed by atoms with Gasteiger partial charge in [0.15, 0.2) is 17.4 Å². The van der Waals surface area contributed by atoms with E-state index in [2.05, 4.69) is 15.9 Å². The Morgan fingerprint density at radius 1 is 0.857 bits per heavy atom. The molecule has 21 heavy (non-hydrogen) atoms. The quantitative estimate of drug-likeness (QED) is 0.618. The lowest BCUT2D eigenvalue weighted by atomic mass is 10.2. The Bertz CT molecular complexity index is 660. The fraction of sp³-hybridized carbons (Fsp3) is 0.0769. The summed E-state index contributed by atoms with van der Waals surface area (Å²) in [6.45, 7) is 0. The Morgan fingerprint density at radius 3 is 1.90 bits per heavy atom. The molecule has 0 amide bonds. The highest BCUT2D eigenvalue weighted by Crippen LogP contribution is 2.36. The Balaban J connectivity index is 2.39. The van der Waals surface area contributed by atoms with Gasteiger partial charge in [-0.05, 0) is 46.3 Å². The SMILES string of the molecule is Fc1ccc(Oc2c(F)cc(C(F)(F)F)cc2F)cc1Br. The van der Waals surface area contributed by atoms with Gasteiger partial charge in [-0.15, -0.1) is 0 Å². The van der Waals surface area contributed by atoms with Gasteiger partial charge in [0, 0.05) is 0 Å². The number of benzene rings is 2. The monoisotopic (exact) mass is 370 g/mol. The van der Waals surface area contributed by atoms with Gasteiger partial charge in [-0.2, -0.15) is 13.2 Å². The van der Waals surface area contributed by atoms with Crippen LogP contribution in [0, 0.1) is 17.5 Å². The maximum atomic E-state index is 13.6. The molecule has 0 aliphatic rings. The summed E-state index contributed by atoms with van der Waals surface area (Å²) < 4.78 is 82.1. The van der Waals surface area contributed by atoms with Crippen LogP contribution >= 0.6 is 15.9 Å². The molecule has 0 radical (unpaired) electrons. The van der Waals surface area contributed by atoms with Crippen molar-refractivity contribution < 1.29 is 31.1 Å². The molecule has 0 heterocycles. The van der Waals surface area contributed by atoms with Crippen molar-refractivity contribution in [2.75, 3.05) is 0 Å². The molecular weight excluding hydrogens is 366 g/mol. The molecule has 2 rings (SSSR count). The maximum absolute atomic E-state index is 13.6. The van der Waals surface area contributed by atoms with Crippen LogP contribution in [0.1, 0.15) is 5.56 Å². The number of hydrogen-bond donors (Lipinski definition) is 0. The van der Waals surface area contributed by atoms with Gasteiger partial charge in [0.25, 0.3) is 0 Å². The second-order valence-electron chi connectivity index (χ2n) is 3.94. The van der Waals surface area contributed by atoms with Crippen LogP contribution in [-0.4, -0.2) is 0 Å². The molecule has 0 aliphatic heterocycles. The Labute approximate surface area is 123 Å². The summed E-state index contributed by atoms with van der Waals surface area (Å²) in [7, 11) is 0. The van der Waals surface area contributed by atoms with E-state index in [0.29, 0.717) is 0 Å². The van der Waals surface area contributed by atoms with E-state index in [-0.39, 0.29) is 22.4 Å². The summed E-state index contributed by atoms with van der Waals surface area (Å²) in [4.78, 5) is 0. The summed E-state index contributed by atoms with van der Waals surface area (Å²) in [5.41, 5.74) is -1.47. The first-order chi connectivity index (χ1) is 9.68. The molecule has 0 fully saturated rings. The van der Waals surface area contributed by atoms with Gasteiger partial charge in [-0.3, -0.25) is 0 Å². The molecule has 0 aromatic heterocycles. The molecule has 0 unspecified atom stereocenters. The van der Waals surface area contributed by atoms with Gasteiger partial charge in [-0.25, -0.2) is 13.2 Å². The van der Waals surface area contributed by atoms with Crippen molar-refractivity contribution in [2.24, 2.45) is 0 Å². The number of hydrogen-bond acceptors (Lipinski definition) is 1. The van der Waals surface area contributed by atoms with Crippen LogP contribution in [-0.2, 0) is 6.18 Å². The van der Waals surface area contributed by atoms with Crippen LogP contribution in [0.4, 0.5) is 26.3 Å². The average Bonchev–Trinajstić information content (AvgIpc) is 2.36. The van der Waals surface area contributed by atoms with Gasteiger partial charge in [-0.1, -0.05) is 0 Å². The third-order valence-corrected chi connectivity index (χ3v) is 3.04. The largest absolute Gasteiger partial charge is 0.451 e. The Morgan fingerprint density at radius 2 is 1.43 bits per heavy atom. The van der Waals surface area contributed by atoms with Crippen LogP contribution in [0.3, 0.4) is 0 Å². The van der Waals surface area contributed by atoms with Crippen molar-refractivity contribution in [2.45, 2.75) is 6.18 Å². The maximum Gasteiger partial charge on any atom is 0.416 e. The first kappa shape index (κ1) is 15.7. The van der Waals surface area contributed by atoms with E-state index in [1.807, 2.05) is 0 Å². The Kier molecular flexibility index (Phi) is 4.18. The minimum Gasteiger partial charge on any atom is -0.451 e. The smallest absolute Gasteiger partial charge is 0.416 e. The zero-order valence-electron chi connectivity index (χ0n) is 9.94. The van der Waals surface area contributed by atoms with Crippen molar-refractivity contribution in [3.63, 3.8) is 0 Å². The highest BCUT2D eigenvalue weighted by atomic mass is 79.9. The van der Waals surface area contributed by atoms with Gasteiger partial charge in [0.1, 0.15) is 11.6 Å². The van der Waals surface area contributed by atoms with E-state index in [1.165, 1.54) is 0 Å². The lowest BCUT2D eigenvalue weighted by Gasteiger charge is -2.12. The summed E-state index contributed by atoms with van der Waals surface area (Å²) in [5.74, 6) is -4.79. The van der Waals surface area contributed by atoms with E-state index in [4.69, 9.17) is 4.74 Å². The van der Waals surface area contributed by atoms with Gasteiger partial charge < -0.3 is 4.74 Å². The zero-order valence-corrected chi connectivity index (χ0v) is 11.5. The molecular formula is C13H5BrF6O. The molecule has 0 aliphatic carbocycles. The lowest BCUT2D eigenvalue weighted by Crippen LogP contribution is -2.07. The molecule has 2 aromatic rings. The molecule has 0 N–H and O–H groups in total. The second-order valence-corrected chi connectivity index (χ2v) is 4.80. The highest BCUT2D eigenvalue weighted by molar-refractivity contribution is 9.10. The predicted molar refractivity (Wildman–Crippen MR) is 65.5 cm³/mol. The number of ether oxygens (including phenoxy) is 1. The number of halogens is 7. The van der Waals surface area contributed by atoms with Crippen molar-refractivity contribution in [3.8, 4) is 11.5 Å². The molecule has 2 aromatic carbocycles. The molecule has 0 spiro atoms.